The Kier molecular flexibility index (Phi) is 3.72. The predicted octanol–water partition coefficient (Wildman–Crippen LogP) is 1.95. The number of thiazole rings is 1. The van der Waals surface area contributed by atoms with Gasteiger partial charge in [-0.25, -0.2) is 4.98 Å². The summed E-state index contributed by atoms with van der Waals surface area (Å²) in [5.74, 6) is 0.437. The van der Waals surface area contributed by atoms with Gasteiger partial charge >= 0.3 is 0 Å². The molecule has 0 radical (unpaired) electrons. The summed E-state index contributed by atoms with van der Waals surface area (Å²) in [5, 5.41) is 15.9. The second-order valence-electron chi connectivity index (χ2n) is 4.24. The summed E-state index contributed by atoms with van der Waals surface area (Å²) in [5.41, 5.74) is 0. The van der Waals surface area contributed by atoms with Gasteiger partial charge in [-0.1, -0.05) is 6.42 Å². The van der Waals surface area contributed by atoms with Crippen LogP contribution in [0, 0.1) is 5.92 Å². The summed E-state index contributed by atoms with van der Waals surface area (Å²) in [7, 11) is 0. The van der Waals surface area contributed by atoms with Gasteiger partial charge in [0.2, 0.25) is 0 Å². The van der Waals surface area contributed by atoms with Crippen molar-refractivity contribution in [2.75, 3.05) is 6.61 Å². The van der Waals surface area contributed by atoms with Gasteiger partial charge < -0.3 is 10.4 Å². The number of rotatable bonds is 4. The van der Waals surface area contributed by atoms with Crippen molar-refractivity contribution in [1.82, 2.24) is 10.3 Å². The fraction of sp³-hybridized carbons (Fsp3) is 0.727. The number of aliphatic hydroxyl groups is 1. The maximum atomic E-state index is 9.23. The molecule has 0 saturated heterocycles. The van der Waals surface area contributed by atoms with Crippen LogP contribution in [-0.4, -0.2) is 22.7 Å². The zero-order valence-corrected chi connectivity index (χ0v) is 9.83. The van der Waals surface area contributed by atoms with E-state index in [-0.39, 0.29) is 0 Å². The van der Waals surface area contributed by atoms with Crippen molar-refractivity contribution in [2.24, 2.45) is 5.92 Å². The normalized spacial score (nSPS) is 28.1. The van der Waals surface area contributed by atoms with Gasteiger partial charge in [0.15, 0.2) is 0 Å². The van der Waals surface area contributed by atoms with E-state index in [0.717, 1.165) is 11.4 Å². The van der Waals surface area contributed by atoms with E-state index < -0.39 is 0 Å². The standard InChI is InChI=1S/C11H18N2OS/c1-8(11-12-5-6-15-11)13-10-4-2-3-9(10)7-14/h5-6,8-10,13-14H,2-4,7H2,1H3. The number of aromatic nitrogens is 1. The van der Waals surface area contributed by atoms with Crippen LogP contribution in [0.15, 0.2) is 11.6 Å². The molecule has 0 spiro atoms. The Bertz CT molecular complexity index is 289. The first-order valence-electron chi connectivity index (χ1n) is 5.57. The molecule has 0 amide bonds. The van der Waals surface area contributed by atoms with E-state index in [4.69, 9.17) is 0 Å². The van der Waals surface area contributed by atoms with Crippen LogP contribution in [0.4, 0.5) is 0 Å². The van der Waals surface area contributed by atoms with Crippen molar-refractivity contribution in [3.63, 3.8) is 0 Å². The van der Waals surface area contributed by atoms with E-state index in [0.29, 0.717) is 24.6 Å². The molecule has 3 nitrogen and oxygen atoms in total. The molecule has 0 aliphatic heterocycles. The Balaban J connectivity index is 1.91. The summed E-state index contributed by atoms with van der Waals surface area (Å²) in [6.07, 6.45) is 5.41. The molecule has 1 aliphatic rings. The van der Waals surface area contributed by atoms with E-state index in [1.54, 1.807) is 11.3 Å². The smallest absolute Gasteiger partial charge is 0.109 e. The maximum Gasteiger partial charge on any atom is 0.109 e. The first-order chi connectivity index (χ1) is 7.31. The van der Waals surface area contributed by atoms with Gasteiger partial charge in [-0.2, -0.15) is 0 Å². The van der Waals surface area contributed by atoms with Crippen molar-refractivity contribution < 1.29 is 5.11 Å². The molecule has 15 heavy (non-hydrogen) atoms. The summed E-state index contributed by atoms with van der Waals surface area (Å²) in [6.45, 7) is 2.45. The van der Waals surface area contributed by atoms with Crippen molar-refractivity contribution in [1.29, 1.82) is 0 Å². The summed E-state index contributed by atoms with van der Waals surface area (Å²) >= 11 is 1.69. The van der Waals surface area contributed by atoms with E-state index in [1.807, 2.05) is 11.6 Å². The zero-order valence-electron chi connectivity index (χ0n) is 9.02. The zero-order chi connectivity index (χ0) is 10.7. The van der Waals surface area contributed by atoms with Gasteiger partial charge in [0, 0.05) is 24.2 Å². The van der Waals surface area contributed by atoms with Crippen LogP contribution in [0.1, 0.15) is 37.2 Å². The number of nitrogens with one attached hydrogen (secondary N) is 1. The highest BCUT2D eigenvalue weighted by atomic mass is 32.1. The fourth-order valence-electron chi connectivity index (χ4n) is 2.32. The Morgan fingerprint density at radius 3 is 3.20 bits per heavy atom. The summed E-state index contributed by atoms with van der Waals surface area (Å²) < 4.78 is 0. The Morgan fingerprint density at radius 1 is 1.67 bits per heavy atom. The van der Waals surface area contributed by atoms with Crippen LogP contribution < -0.4 is 5.32 Å². The third-order valence-electron chi connectivity index (χ3n) is 3.18. The highest BCUT2D eigenvalue weighted by Gasteiger charge is 2.27. The SMILES string of the molecule is CC(NC1CCCC1CO)c1nccs1. The maximum absolute atomic E-state index is 9.23. The quantitative estimate of drug-likeness (QED) is 0.825. The highest BCUT2D eigenvalue weighted by molar-refractivity contribution is 7.09. The summed E-state index contributed by atoms with van der Waals surface area (Å²) in [6, 6.07) is 0.774. The molecule has 2 N–H and O–H groups in total. The number of nitrogens with zero attached hydrogens (tertiary/aromatic N) is 1. The van der Waals surface area contributed by atoms with E-state index >= 15 is 0 Å². The average molecular weight is 226 g/mol. The lowest BCUT2D eigenvalue weighted by Crippen LogP contribution is -2.35. The Morgan fingerprint density at radius 2 is 2.53 bits per heavy atom. The van der Waals surface area contributed by atoms with Crippen molar-refractivity contribution in [3.8, 4) is 0 Å². The first-order valence-corrected chi connectivity index (χ1v) is 6.45. The van der Waals surface area contributed by atoms with Gasteiger partial charge in [0.1, 0.15) is 5.01 Å². The van der Waals surface area contributed by atoms with Gasteiger partial charge in [0.25, 0.3) is 0 Å². The average Bonchev–Trinajstić information content (AvgIpc) is 2.87. The Hall–Kier alpha value is -0.450. The third kappa shape index (κ3) is 2.56. The second kappa shape index (κ2) is 5.05. The molecule has 2 rings (SSSR count). The number of hydrogen-bond donors (Lipinski definition) is 2. The largest absolute Gasteiger partial charge is 0.396 e. The van der Waals surface area contributed by atoms with Gasteiger partial charge in [-0.3, -0.25) is 0 Å². The molecule has 3 unspecified atom stereocenters. The molecule has 1 aliphatic carbocycles. The minimum absolute atomic E-state index is 0.308. The minimum Gasteiger partial charge on any atom is -0.396 e. The van der Waals surface area contributed by atoms with Crippen LogP contribution in [0.3, 0.4) is 0 Å². The molecule has 1 saturated carbocycles. The minimum atomic E-state index is 0.308. The molecular weight excluding hydrogens is 208 g/mol. The molecule has 1 heterocycles. The van der Waals surface area contributed by atoms with Crippen molar-refractivity contribution in [2.45, 2.75) is 38.3 Å². The van der Waals surface area contributed by atoms with E-state index in [9.17, 15) is 5.11 Å². The van der Waals surface area contributed by atoms with Crippen LogP contribution in [0.25, 0.3) is 0 Å². The number of hydrogen-bond acceptors (Lipinski definition) is 4. The Labute approximate surface area is 94.5 Å². The molecule has 1 aromatic heterocycles. The van der Waals surface area contributed by atoms with Gasteiger partial charge in [-0.15, -0.1) is 11.3 Å². The molecule has 0 aromatic carbocycles. The lowest BCUT2D eigenvalue weighted by molar-refractivity contribution is 0.200. The first kappa shape index (κ1) is 11.0. The van der Waals surface area contributed by atoms with E-state index in [2.05, 4.69) is 17.2 Å². The second-order valence-corrected chi connectivity index (χ2v) is 5.16. The molecule has 1 aromatic rings. The van der Waals surface area contributed by atoms with Crippen LogP contribution in [0.5, 0.6) is 0 Å². The molecule has 1 fully saturated rings. The monoisotopic (exact) mass is 226 g/mol. The van der Waals surface area contributed by atoms with Crippen LogP contribution >= 0.6 is 11.3 Å². The molecular formula is C11H18N2OS. The van der Waals surface area contributed by atoms with Crippen LogP contribution in [0.2, 0.25) is 0 Å². The van der Waals surface area contributed by atoms with Crippen molar-refractivity contribution >= 4 is 11.3 Å². The predicted molar refractivity (Wildman–Crippen MR) is 61.9 cm³/mol. The van der Waals surface area contributed by atoms with Crippen LogP contribution in [-0.2, 0) is 0 Å². The number of aliphatic hydroxyl groups excluding tert-OH is 1. The van der Waals surface area contributed by atoms with Crippen molar-refractivity contribution in [3.05, 3.63) is 16.6 Å². The van der Waals surface area contributed by atoms with Gasteiger partial charge in [-0.05, 0) is 25.7 Å². The lowest BCUT2D eigenvalue weighted by atomic mass is 10.0. The summed E-state index contributed by atoms with van der Waals surface area (Å²) in [4.78, 5) is 4.30. The topological polar surface area (TPSA) is 45.1 Å². The molecule has 0 bridgehead atoms. The molecule has 4 heteroatoms. The van der Waals surface area contributed by atoms with Gasteiger partial charge in [0.05, 0.1) is 6.04 Å². The highest BCUT2D eigenvalue weighted by Crippen LogP contribution is 2.27. The van der Waals surface area contributed by atoms with E-state index in [1.165, 1.54) is 12.8 Å². The fourth-order valence-corrected chi connectivity index (χ4v) is 2.97. The lowest BCUT2D eigenvalue weighted by Gasteiger charge is -2.22. The molecule has 84 valence electrons. The molecule has 3 atom stereocenters. The third-order valence-corrected chi connectivity index (χ3v) is 4.14.